The minimum Gasteiger partial charge on any atom is -0.449 e. The van der Waals surface area contributed by atoms with E-state index in [1.807, 2.05) is 44.2 Å². The van der Waals surface area contributed by atoms with Crippen molar-refractivity contribution in [1.29, 1.82) is 0 Å². The van der Waals surface area contributed by atoms with Gasteiger partial charge in [-0.15, -0.1) is 0 Å². The molecule has 1 saturated heterocycles. The Morgan fingerprint density at radius 3 is 2.56 bits per heavy atom. The summed E-state index contributed by atoms with van der Waals surface area (Å²) in [5.74, 6) is -1.00. The molecule has 1 aliphatic heterocycles. The second kappa shape index (κ2) is 9.68. The van der Waals surface area contributed by atoms with E-state index in [2.05, 4.69) is 5.10 Å². The van der Waals surface area contributed by atoms with Crippen LogP contribution in [-0.4, -0.2) is 65.2 Å². The molecule has 0 radical (unpaired) electrons. The Hall–Kier alpha value is -2.94. The number of aryl methyl sites for hydroxylation is 1. The molecule has 1 aromatic carbocycles. The molecule has 1 aliphatic rings. The van der Waals surface area contributed by atoms with Gasteiger partial charge in [-0.25, -0.2) is 17.9 Å². The SMILES string of the molecule is CCN(C(=O)[C@H](C)OC(=O)/C=C\c1c(C)nn(-c2ccccc2)c1C)[C@@H]1CCS(=O)(=O)C1. The number of rotatable bonds is 7. The molecule has 0 N–H and O–H groups in total. The van der Waals surface area contributed by atoms with Crippen LogP contribution in [-0.2, 0) is 24.2 Å². The molecule has 1 amide bonds. The van der Waals surface area contributed by atoms with Crippen LogP contribution in [0.1, 0.15) is 37.2 Å². The number of benzene rings is 1. The monoisotopic (exact) mass is 459 g/mol. The highest BCUT2D eigenvalue weighted by atomic mass is 32.2. The van der Waals surface area contributed by atoms with Gasteiger partial charge in [-0.2, -0.15) is 5.10 Å². The Kier molecular flexibility index (Phi) is 7.18. The van der Waals surface area contributed by atoms with Crippen molar-refractivity contribution in [3.8, 4) is 5.69 Å². The average Bonchev–Trinajstić information content (AvgIpc) is 3.25. The molecule has 2 atom stereocenters. The van der Waals surface area contributed by atoms with Crippen LogP contribution in [0.4, 0.5) is 0 Å². The maximum atomic E-state index is 12.8. The largest absolute Gasteiger partial charge is 0.449 e. The summed E-state index contributed by atoms with van der Waals surface area (Å²) in [7, 11) is -3.12. The molecule has 0 saturated carbocycles. The van der Waals surface area contributed by atoms with Gasteiger partial charge >= 0.3 is 5.97 Å². The molecule has 2 aromatic rings. The highest BCUT2D eigenvalue weighted by molar-refractivity contribution is 7.91. The number of carbonyl (C=O) groups is 2. The molecular weight excluding hydrogens is 430 g/mol. The van der Waals surface area contributed by atoms with Crippen LogP contribution >= 0.6 is 0 Å². The molecule has 3 rings (SSSR count). The van der Waals surface area contributed by atoms with Crippen LogP contribution in [0.15, 0.2) is 36.4 Å². The highest BCUT2D eigenvalue weighted by Gasteiger charge is 2.36. The Labute approximate surface area is 188 Å². The fourth-order valence-electron chi connectivity index (χ4n) is 3.98. The number of sulfone groups is 1. The number of aromatic nitrogens is 2. The van der Waals surface area contributed by atoms with Gasteiger partial charge in [-0.05, 0) is 52.3 Å². The summed E-state index contributed by atoms with van der Waals surface area (Å²) in [6, 6.07) is 9.31. The summed E-state index contributed by atoms with van der Waals surface area (Å²) in [4.78, 5) is 26.6. The van der Waals surface area contributed by atoms with E-state index in [4.69, 9.17) is 4.74 Å². The molecule has 1 aromatic heterocycles. The second-order valence-electron chi connectivity index (χ2n) is 7.93. The fourth-order valence-corrected chi connectivity index (χ4v) is 5.71. The molecule has 0 unspecified atom stereocenters. The summed E-state index contributed by atoms with van der Waals surface area (Å²) in [5, 5.41) is 4.54. The molecule has 8 nitrogen and oxygen atoms in total. The Bertz CT molecular complexity index is 1120. The lowest BCUT2D eigenvalue weighted by Gasteiger charge is -2.29. The molecule has 172 valence electrons. The van der Waals surface area contributed by atoms with E-state index >= 15 is 0 Å². The number of amides is 1. The first-order valence-corrected chi connectivity index (χ1v) is 12.5. The van der Waals surface area contributed by atoms with Gasteiger partial charge in [0.2, 0.25) is 0 Å². The van der Waals surface area contributed by atoms with Gasteiger partial charge in [0.25, 0.3) is 5.91 Å². The van der Waals surface area contributed by atoms with E-state index in [-0.39, 0.29) is 23.5 Å². The Morgan fingerprint density at radius 2 is 1.97 bits per heavy atom. The number of hydrogen-bond donors (Lipinski definition) is 0. The van der Waals surface area contributed by atoms with Gasteiger partial charge in [-0.1, -0.05) is 18.2 Å². The van der Waals surface area contributed by atoms with Gasteiger partial charge in [-0.3, -0.25) is 4.79 Å². The normalized spacial score (nSPS) is 18.6. The zero-order valence-electron chi connectivity index (χ0n) is 18.8. The van der Waals surface area contributed by atoms with Crippen molar-refractivity contribution in [3.05, 3.63) is 53.4 Å². The number of para-hydroxylation sites is 1. The summed E-state index contributed by atoms with van der Waals surface area (Å²) in [6.45, 7) is 7.42. The number of likely N-dealkylation sites (N-methyl/N-ethyl adjacent to an activating group) is 1. The van der Waals surface area contributed by atoms with E-state index in [0.29, 0.717) is 13.0 Å². The smallest absolute Gasteiger partial charge is 0.331 e. The third kappa shape index (κ3) is 5.27. The van der Waals surface area contributed by atoms with Gasteiger partial charge < -0.3 is 9.64 Å². The van der Waals surface area contributed by atoms with E-state index in [9.17, 15) is 18.0 Å². The van der Waals surface area contributed by atoms with Crippen LogP contribution < -0.4 is 0 Å². The van der Waals surface area contributed by atoms with E-state index in [1.165, 1.54) is 17.9 Å². The van der Waals surface area contributed by atoms with Crippen molar-refractivity contribution in [2.45, 2.75) is 46.3 Å². The van der Waals surface area contributed by atoms with E-state index in [0.717, 1.165) is 22.6 Å². The lowest BCUT2D eigenvalue weighted by Crippen LogP contribution is -2.46. The number of carbonyl (C=O) groups excluding carboxylic acids is 2. The Balaban J connectivity index is 1.66. The Morgan fingerprint density at radius 1 is 1.28 bits per heavy atom. The van der Waals surface area contributed by atoms with E-state index in [1.54, 1.807) is 17.7 Å². The highest BCUT2D eigenvalue weighted by Crippen LogP contribution is 2.20. The van der Waals surface area contributed by atoms with Crippen molar-refractivity contribution in [2.75, 3.05) is 18.1 Å². The van der Waals surface area contributed by atoms with Crippen molar-refractivity contribution < 1.29 is 22.7 Å². The lowest BCUT2D eigenvalue weighted by molar-refractivity contribution is -0.156. The fraction of sp³-hybridized carbons (Fsp3) is 0.435. The molecule has 1 fully saturated rings. The number of nitrogens with zero attached hydrogens (tertiary/aromatic N) is 3. The zero-order valence-corrected chi connectivity index (χ0v) is 19.6. The average molecular weight is 460 g/mol. The first kappa shape index (κ1) is 23.7. The topological polar surface area (TPSA) is 98.6 Å². The summed E-state index contributed by atoms with van der Waals surface area (Å²) in [5.41, 5.74) is 3.36. The zero-order chi connectivity index (χ0) is 23.5. The van der Waals surface area contributed by atoms with Crippen molar-refractivity contribution in [2.24, 2.45) is 0 Å². The van der Waals surface area contributed by atoms with E-state index < -0.39 is 21.9 Å². The van der Waals surface area contributed by atoms with Crippen molar-refractivity contribution in [3.63, 3.8) is 0 Å². The predicted molar refractivity (Wildman–Crippen MR) is 122 cm³/mol. The molecule has 0 spiro atoms. The maximum Gasteiger partial charge on any atom is 0.331 e. The van der Waals surface area contributed by atoms with Gasteiger partial charge in [0, 0.05) is 29.9 Å². The van der Waals surface area contributed by atoms with Gasteiger partial charge in [0.1, 0.15) is 0 Å². The van der Waals surface area contributed by atoms with Crippen LogP contribution in [0.3, 0.4) is 0 Å². The van der Waals surface area contributed by atoms with Crippen LogP contribution in [0.5, 0.6) is 0 Å². The maximum absolute atomic E-state index is 12.8. The molecule has 0 aliphatic carbocycles. The second-order valence-corrected chi connectivity index (χ2v) is 10.2. The standard InChI is InChI=1S/C23H29N3O5S/c1-5-25(20-13-14-32(29,30)15-20)23(28)18(4)31-22(27)12-11-21-16(2)24-26(17(21)3)19-9-7-6-8-10-19/h6-12,18,20H,5,13-15H2,1-4H3/b12-11-/t18-,20+/m0/s1. The number of esters is 1. The van der Waals surface area contributed by atoms with Crippen molar-refractivity contribution >= 4 is 27.8 Å². The molecular formula is C23H29N3O5S. The summed E-state index contributed by atoms with van der Waals surface area (Å²) in [6.07, 6.45) is 2.32. The first-order chi connectivity index (χ1) is 15.1. The van der Waals surface area contributed by atoms with Crippen molar-refractivity contribution in [1.82, 2.24) is 14.7 Å². The van der Waals surface area contributed by atoms with Gasteiger partial charge in [0.05, 0.1) is 22.9 Å². The molecule has 9 heteroatoms. The predicted octanol–water partition coefficient (Wildman–Crippen LogP) is 2.47. The third-order valence-corrected chi connectivity index (χ3v) is 7.40. The minimum atomic E-state index is -3.12. The quantitative estimate of drug-likeness (QED) is 0.466. The summed E-state index contributed by atoms with van der Waals surface area (Å²) >= 11 is 0. The first-order valence-electron chi connectivity index (χ1n) is 10.6. The molecule has 2 heterocycles. The minimum absolute atomic E-state index is 0.0445. The number of hydrogen-bond acceptors (Lipinski definition) is 6. The molecule has 32 heavy (non-hydrogen) atoms. The lowest BCUT2D eigenvalue weighted by atomic mass is 10.2. The van der Waals surface area contributed by atoms with Crippen LogP contribution in [0.25, 0.3) is 11.8 Å². The van der Waals surface area contributed by atoms with Gasteiger partial charge in [0.15, 0.2) is 15.9 Å². The summed E-state index contributed by atoms with van der Waals surface area (Å²) < 4.78 is 30.6. The van der Waals surface area contributed by atoms with Crippen LogP contribution in [0, 0.1) is 13.8 Å². The third-order valence-electron chi connectivity index (χ3n) is 5.65. The number of ether oxygens (including phenoxy) is 1. The molecule has 0 bridgehead atoms. The van der Waals surface area contributed by atoms with Crippen LogP contribution in [0.2, 0.25) is 0 Å².